The quantitative estimate of drug-likeness (QED) is 0.780. The van der Waals surface area contributed by atoms with Crippen LogP contribution in [0.25, 0.3) is 11.3 Å². The molecule has 1 aromatic heterocycles. The molecule has 2 rings (SSSR count). The molecule has 0 aliphatic heterocycles. The Morgan fingerprint density at radius 1 is 1.19 bits per heavy atom. The van der Waals surface area contributed by atoms with E-state index in [0.29, 0.717) is 6.61 Å². The molecule has 0 aliphatic carbocycles. The zero-order valence-corrected chi connectivity index (χ0v) is 13.7. The van der Waals surface area contributed by atoms with Crippen LogP contribution in [0.3, 0.4) is 0 Å². The Morgan fingerprint density at radius 3 is 2.52 bits per heavy atom. The highest BCUT2D eigenvalue weighted by atomic mass is 35.5. The molecule has 0 radical (unpaired) electrons. The summed E-state index contributed by atoms with van der Waals surface area (Å²) in [6, 6.07) is 9.83. The Bertz CT molecular complexity index is 539. The molecule has 0 saturated carbocycles. The highest BCUT2D eigenvalue weighted by Crippen LogP contribution is 2.30. The predicted octanol–water partition coefficient (Wildman–Crippen LogP) is 3.79. The summed E-state index contributed by atoms with van der Waals surface area (Å²) in [4.78, 5) is 2.33. The molecule has 4 nitrogen and oxygen atoms in total. The Morgan fingerprint density at radius 2 is 1.90 bits per heavy atom. The third-order valence-corrected chi connectivity index (χ3v) is 3.34. The molecule has 2 aromatic rings. The summed E-state index contributed by atoms with van der Waals surface area (Å²) in [6.45, 7) is 9.93. The molecule has 0 unspecified atom stereocenters. The van der Waals surface area contributed by atoms with Crippen LogP contribution >= 0.6 is 12.4 Å². The van der Waals surface area contributed by atoms with Crippen LogP contribution in [0.2, 0.25) is 0 Å². The molecule has 0 amide bonds. The van der Waals surface area contributed by atoms with Crippen molar-refractivity contribution in [2.24, 2.45) is 0 Å². The highest BCUT2D eigenvalue weighted by Gasteiger charge is 2.10. The first-order chi connectivity index (χ1) is 9.74. The van der Waals surface area contributed by atoms with Crippen molar-refractivity contribution in [2.45, 2.75) is 20.8 Å². The van der Waals surface area contributed by atoms with E-state index in [2.05, 4.69) is 23.9 Å². The van der Waals surface area contributed by atoms with Gasteiger partial charge in [-0.3, -0.25) is 0 Å². The minimum absolute atomic E-state index is 0. The number of rotatable bonds is 7. The van der Waals surface area contributed by atoms with Crippen molar-refractivity contribution in [2.75, 3.05) is 26.2 Å². The smallest absolute Gasteiger partial charge is 0.170 e. The van der Waals surface area contributed by atoms with Crippen molar-refractivity contribution in [3.05, 3.63) is 36.0 Å². The summed E-state index contributed by atoms with van der Waals surface area (Å²) < 4.78 is 11.2. The maximum absolute atomic E-state index is 5.91. The number of hydrogen-bond donors (Lipinski definition) is 0. The fourth-order valence-electron chi connectivity index (χ4n) is 2.11. The van der Waals surface area contributed by atoms with Crippen molar-refractivity contribution in [3.63, 3.8) is 0 Å². The normalized spacial score (nSPS) is 10.5. The fraction of sp³-hybridized carbons (Fsp3) is 0.438. The number of halogens is 1. The number of hydrogen-bond acceptors (Lipinski definition) is 4. The third-order valence-electron chi connectivity index (χ3n) is 3.34. The van der Waals surface area contributed by atoms with Gasteiger partial charge in [0.05, 0.1) is 11.3 Å². The molecule has 0 bridgehead atoms. The van der Waals surface area contributed by atoms with Gasteiger partial charge in [-0.1, -0.05) is 31.1 Å². The van der Waals surface area contributed by atoms with Crippen LogP contribution in [-0.2, 0) is 0 Å². The molecular formula is C16H23ClN2O2. The molecule has 1 aromatic carbocycles. The zero-order valence-electron chi connectivity index (χ0n) is 12.8. The van der Waals surface area contributed by atoms with E-state index >= 15 is 0 Å². The predicted molar refractivity (Wildman–Crippen MR) is 87.2 cm³/mol. The molecule has 0 fully saturated rings. The molecule has 21 heavy (non-hydrogen) atoms. The first kappa shape index (κ1) is 17.5. The van der Waals surface area contributed by atoms with Crippen molar-refractivity contribution < 1.29 is 9.26 Å². The Labute approximate surface area is 132 Å². The SMILES string of the molecule is CCN(CC)CCOc1ccccc1-c1cc(C)no1.Cl. The van der Waals surface area contributed by atoms with Crippen LogP contribution < -0.4 is 4.74 Å². The number of benzene rings is 1. The van der Waals surface area contributed by atoms with Gasteiger partial charge >= 0.3 is 0 Å². The lowest BCUT2D eigenvalue weighted by Gasteiger charge is -2.18. The van der Waals surface area contributed by atoms with E-state index in [1.54, 1.807) is 0 Å². The second kappa shape index (κ2) is 8.70. The molecule has 116 valence electrons. The number of para-hydroxylation sites is 1. The number of aromatic nitrogens is 1. The average molecular weight is 311 g/mol. The first-order valence-electron chi connectivity index (χ1n) is 7.12. The third kappa shape index (κ3) is 4.76. The Hall–Kier alpha value is -1.52. The average Bonchev–Trinajstić information content (AvgIpc) is 2.90. The van der Waals surface area contributed by atoms with E-state index < -0.39 is 0 Å². The van der Waals surface area contributed by atoms with E-state index in [4.69, 9.17) is 9.26 Å². The lowest BCUT2D eigenvalue weighted by Crippen LogP contribution is -2.27. The molecule has 0 spiro atoms. The molecule has 0 aliphatic rings. The first-order valence-corrected chi connectivity index (χ1v) is 7.12. The van der Waals surface area contributed by atoms with Crippen LogP contribution in [0.15, 0.2) is 34.9 Å². The zero-order chi connectivity index (χ0) is 14.4. The number of likely N-dealkylation sites (N-methyl/N-ethyl adjacent to an activating group) is 1. The topological polar surface area (TPSA) is 38.5 Å². The van der Waals surface area contributed by atoms with Crippen molar-refractivity contribution >= 4 is 12.4 Å². The standard InChI is InChI=1S/C16H22N2O2.ClH/c1-4-18(5-2)10-11-19-15-9-7-6-8-14(15)16-12-13(3)17-20-16;/h6-9,12H,4-5,10-11H2,1-3H3;1H. The maximum Gasteiger partial charge on any atom is 0.170 e. The second-order valence-corrected chi connectivity index (χ2v) is 4.70. The summed E-state index contributed by atoms with van der Waals surface area (Å²) >= 11 is 0. The van der Waals surface area contributed by atoms with Crippen molar-refractivity contribution in [1.29, 1.82) is 0 Å². The van der Waals surface area contributed by atoms with Crippen molar-refractivity contribution in [3.8, 4) is 17.1 Å². The maximum atomic E-state index is 5.91. The minimum Gasteiger partial charge on any atom is -0.491 e. The van der Waals surface area contributed by atoms with Gasteiger partial charge in [-0.05, 0) is 32.1 Å². The van der Waals surface area contributed by atoms with E-state index in [9.17, 15) is 0 Å². The molecule has 0 N–H and O–H groups in total. The Kier molecular flexibility index (Phi) is 7.26. The summed E-state index contributed by atoms with van der Waals surface area (Å²) in [6.07, 6.45) is 0. The lowest BCUT2D eigenvalue weighted by molar-refractivity contribution is 0.223. The summed E-state index contributed by atoms with van der Waals surface area (Å²) in [5.74, 6) is 1.59. The van der Waals surface area contributed by atoms with Crippen LogP contribution in [0.5, 0.6) is 5.75 Å². The van der Waals surface area contributed by atoms with Gasteiger partial charge in [-0.2, -0.15) is 0 Å². The van der Waals surface area contributed by atoms with Crippen LogP contribution in [0.4, 0.5) is 0 Å². The molecule has 1 heterocycles. The molecule has 5 heteroatoms. The van der Waals surface area contributed by atoms with Crippen LogP contribution in [-0.4, -0.2) is 36.3 Å². The van der Waals surface area contributed by atoms with Gasteiger partial charge in [0.25, 0.3) is 0 Å². The molecule has 0 saturated heterocycles. The Balaban J connectivity index is 0.00000220. The van der Waals surface area contributed by atoms with Gasteiger partial charge in [0.2, 0.25) is 0 Å². The van der Waals surface area contributed by atoms with E-state index in [1.807, 2.05) is 37.3 Å². The monoisotopic (exact) mass is 310 g/mol. The number of ether oxygens (including phenoxy) is 1. The summed E-state index contributed by atoms with van der Waals surface area (Å²) in [5, 5.41) is 3.93. The highest BCUT2D eigenvalue weighted by molar-refractivity contribution is 5.85. The summed E-state index contributed by atoms with van der Waals surface area (Å²) in [7, 11) is 0. The fourth-order valence-corrected chi connectivity index (χ4v) is 2.11. The van der Waals surface area contributed by atoms with Gasteiger partial charge in [0.15, 0.2) is 5.76 Å². The van der Waals surface area contributed by atoms with Crippen LogP contribution in [0.1, 0.15) is 19.5 Å². The molecule has 0 atom stereocenters. The van der Waals surface area contributed by atoms with Gasteiger partial charge in [0.1, 0.15) is 12.4 Å². The van der Waals surface area contributed by atoms with Gasteiger partial charge in [-0.25, -0.2) is 0 Å². The number of nitrogens with zero attached hydrogens (tertiary/aromatic N) is 2. The van der Waals surface area contributed by atoms with Gasteiger partial charge in [-0.15, -0.1) is 12.4 Å². The minimum atomic E-state index is 0. The number of aryl methyl sites for hydroxylation is 1. The van der Waals surface area contributed by atoms with E-state index in [0.717, 1.165) is 42.4 Å². The summed E-state index contributed by atoms with van der Waals surface area (Å²) in [5.41, 5.74) is 1.82. The molecular weight excluding hydrogens is 288 g/mol. The van der Waals surface area contributed by atoms with Gasteiger partial charge in [0, 0.05) is 12.6 Å². The van der Waals surface area contributed by atoms with E-state index in [1.165, 1.54) is 0 Å². The lowest BCUT2D eigenvalue weighted by atomic mass is 10.1. The van der Waals surface area contributed by atoms with Crippen LogP contribution in [0, 0.1) is 6.92 Å². The van der Waals surface area contributed by atoms with E-state index in [-0.39, 0.29) is 12.4 Å². The second-order valence-electron chi connectivity index (χ2n) is 4.70. The largest absolute Gasteiger partial charge is 0.491 e. The van der Waals surface area contributed by atoms with Crippen molar-refractivity contribution in [1.82, 2.24) is 10.1 Å². The van der Waals surface area contributed by atoms with Gasteiger partial charge < -0.3 is 14.2 Å².